The van der Waals surface area contributed by atoms with Crippen LogP contribution in [0.4, 0.5) is 13.2 Å². The average Bonchev–Trinajstić information content (AvgIpc) is 2.57. The lowest BCUT2D eigenvalue weighted by molar-refractivity contribution is 0.234. The van der Waals surface area contributed by atoms with Gasteiger partial charge in [0.1, 0.15) is 5.75 Å². The van der Waals surface area contributed by atoms with Gasteiger partial charge in [-0.2, -0.15) is 0 Å². The highest BCUT2D eigenvalue weighted by Gasteiger charge is 2.19. The van der Waals surface area contributed by atoms with Crippen LogP contribution in [0.2, 0.25) is 0 Å². The minimum Gasteiger partial charge on any atom is -0.494 e. The molecular weight excluding hydrogens is 319 g/mol. The van der Waals surface area contributed by atoms with E-state index in [-0.39, 0.29) is 18.2 Å². The van der Waals surface area contributed by atoms with E-state index in [1.54, 1.807) is 0 Å². The van der Waals surface area contributed by atoms with Gasteiger partial charge in [-0.1, -0.05) is 12.1 Å². The topological polar surface area (TPSA) is 41.5 Å². The van der Waals surface area contributed by atoms with E-state index in [1.165, 1.54) is 0 Å². The molecular formula is C18H20F3NO2. The van der Waals surface area contributed by atoms with E-state index in [4.69, 9.17) is 4.74 Å². The first-order chi connectivity index (χ1) is 11.5. The Balaban J connectivity index is 2.19. The minimum atomic E-state index is -1.52. The van der Waals surface area contributed by atoms with Gasteiger partial charge in [0.05, 0.1) is 19.3 Å². The van der Waals surface area contributed by atoms with Gasteiger partial charge in [0.25, 0.3) is 0 Å². The van der Waals surface area contributed by atoms with Crippen molar-refractivity contribution in [3.8, 4) is 5.75 Å². The van der Waals surface area contributed by atoms with Crippen molar-refractivity contribution in [1.82, 2.24) is 5.32 Å². The molecule has 2 atom stereocenters. The largest absolute Gasteiger partial charge is 0.494 e. The molecule has 0 aliphatic heterocycles. The van der Waals surface area contributed by atoms with Crippen LogP contribution in [0.1, 0.15) is 37.1 Å². The molecule has 0 radical (unpaired) electrons. The SMILES string of the molecule is CCOc1cccc(C(C)NC(CO)c2cc(F)c(F)c(F)c2)c1. The quantitative estimate of drug-likeness (QED) is 0.752. The predicted molar refractivity (Wildman–Crippen MR) is 85.3 cm³/mol. The number of benzene rings is 2. The molecule has 2 rings (SSSR count). The van der Waals surface area contributed by atoms with Gasteiger partial charge in [-0.25, -0.2) is 13.2 Å². The van der Waals surface area contributed by atoms with Crippen LogP contribution >= 0.6 is 0 Å². The first-order valence-electron chi connectivity index (χ1n) is 7.70. The molecule has 0 saturated carbocycles. The number of halogens is 3. The number of aliphatic hydroxyl groups is 1. The Morgan fingerprint density at radius 2 is 1.75 bits per heavy atom. The minimum absolute atomic E-state index is 0.140. The fourth-order valence-electron chi connectivity index (χ4n) is 2.47. The summed E-state index contributed by atoms with van der Waals surface area (Å²) in [5, 5.41) is 12.6. The van der Waals surface area contributed by atoms with Gasteiger partial charge in [0.2, 0.25) is 0 Å². The monoisotopic (exact) mass is 339 g/mol. The zero-order valence-corrected chi connectivity index (χ0v) is 13.5. The third-order valence-electron chi connectivity index (χ3n) is 3.71. The summed E-state index contributed by atoms with van der Waals surface area (Å²) >= 11 is 0. The highest BCUT2D eigenvalue weighted by atomic mass is 19.2. The molecule has 0 aliphatic rings. The van der Waals surface area contributed by atoms with Crippen LogP contribution in [0.15, 0.2) is 36.4 Å². The molecule has 2 unspecified atom stereocenters. The van der Waals surface area contributed by atoms with Crippen LogP contribution in [-0.4, -0.2) is 18.3 Å². The third-order valence-corrected chi connectivity index (χ3v) is 3.71. The number of hydrogen-bond donors (Lipinski definition) is 2. The molecule has 0 fully saturated rings. The van der Waals surface area contributed by atoms with E-state index in [0.29, 0.717) is 12.4 Å². The van der Waals surface area contributed by atoms with Gasteiger partial charge < -0.3 is 15.2 Å². The maximum atomic E-state index is 13.4. The van der Waals surface area contributed by atoms with E-state index in [1.807, 2.05) is 38.1 Å². The molecule has 0 amide bonds. The molecule has 24 heavy (non-hydrogen) atoms. The van der Waals surface area contributed by atoms with Crippen LogP contribution in [0.3, 0.4) is 0 Å². The summed E-state index contributed by atoms with van der Waals surface area (Å²) in [5.74, 6) is -3.37. The summed E-state index contributed by atoms with van der Waals surface area (Å²) in [4.78, 5) is 0. The van der Waals surface area contributed by atoms with Gasteiger partial charge in [-0.05, 0) is 49.2 Å². The maximum absolute atomic E-state index is 13.4. The van der Waals surface area contributed by atoms with Crippen molar-refractivity contribution < 1.29 is 23.0 Å². The molecule has 0 spiro atoms. The molecule has 130 valence electrons. The Morgan fingerprint density at radius 1 is 1.08 bits per heavy atom. The third kappa shape index (κ3) is 4.27. The van der Waals surface area contributed by atoms with Crippen molar-refractivity contribution in [3.63, 3.8) is 0 Å². The zero-order valence-electron chi connectivity index (χ0n) is 13.5. The number of aliphatic hydroxyl groups excluding tert-OH is 1. The Labute approximate surface area is 139 Å². The van der Waals surface area contributed by atoms with E-state index in [0.717, 1.165) is 17.7 Å². The molecule has 0 heterocycles. The number of nitrogens with one attached hydrogen (secondary N) is 1. The number of hydrogen-bond acceptors (Lipinski definition) is 3. The van der Waals surface area contributed by atoms with Crippen molar-refractivity contribution in [3.05, 3.63) is 65.0 Å². The van der Waals surface area contributed by atoms with Crippen LogP contribution in [0.25, 0.3) is 0 Å². The van der Waals surface area contributed by atoms with E-state index in [2.05, 4.69) is 5.32 Å². The lowest BCUT2D eigenvalue weighted by Gasteiger charge is -2.23. The summed E-state index contributed by atoms with van der Waals surface area (Å²) in [6, 6.07) is 8.20. The summed E-state index contributed by atoms with van der Waals surface area (Å²) in [5.41, 5.74) is 1.03. The highest BCUT2D eigenvalue weighted by Crippen LogP contribution is 2.24. The van der Waals surface area contributed by atoms with Gasteiger partial charge in [0, 0.05) is 6.04 Å². The second kappa shape index (κ2) is 8.17. The fourth-order valence-corrected chi connectivity index (χ4v) is 2.47. The second-order valence-corrected chi connectivity index (χ2v) is 5.43. The lowest BCUT2D eigenvalue weighted by atomic mass is 10.0. The van der Waals surface area contributed by atoms with E-state index in [9.17, 15) is 18.3 Å². The smallest absolute Gasteiger partial charge is 0.194 e. The standard InChI is InChI=1S/C18H20F3NO2/c1-3-24-14-6-4-5-12(7-14)11(2)22-17(10-23)13-8-15(19)18(21)16(20)9-13/h4-9,11,17,22-23H,3,10H2,1-2H3. The predicted octanol–water partition coefficient (Wildman–Crippen LogP) is 3.89. The number of rotatable bonds is 7. The first kappa shape index (κ1) is 18.3. The van der Waals surface area contributed by atoms with Gasteiger partial charge in [-0.3, -0.25) is 0 Å². The molecule has 0 aliphatic carbocycles. The maximum Gasteiger partial charge on any atom is 0.194 e. The molecule has 2 aromatic rings. The highest BCUT2D eigenvalue weighted by molar-refractivity contribution is 5.31. The summed E-state index contributed by atoms with van der Waals surface area (Å²) in [6.07, 6.45) is 0. The summed E-state index contributed by atoms with van der Waals surface area (Å²) in [6.45, 7) is 3.89. The van der Waals surface area contributed by atoms with Crippen molar-refractivity contribution in [1.29, 1.82) is 0 Å². The molecule has 3 nitrogen and oxygen atoms in total. The summed E-state index contributed by atoms with van der Waals surface area (Å²) in [7, 11) is 0. The fraction of sp³-hybridized carbons (Fsp3) is 0.333. The van der Waals surface area contributed by atoms with Gasteiger partial charge in [-0.15, -0.1) is 0 Å². The molecule has 0 aromatic heterocycles. The van der Waals surface area contributed by atoms with Crippen molar-refractivity contribution in [2.24, 2.45) is 0 Å². The molecule has 2 N–H and O–H groups in total. The van der Waals surface area contributed by atoms with Crippen LogP contribution in [0.5, 0.6) is 5.75 Å². The van der Waals surface area contributed by atoms with Crippen molar-refractivity contribution in [2.75, 3.05) is 13.2 Å². The normalized spacial score (nSPS) is 13.6. The molecule has 6 heteroatoms. The molecule has 2 aromatic carbocycles. The number of ether oxygens (including phenoxy) is 1. The molecule has 0 saturated heterocycles. The van der Waals surface area contributed by atoms with Crippen LogP contribution in [0, 0.1) is 17.5 Å². The van der Waals surface area contributed by atoms with Crippen molar-refractivity contribution in [2.45, 2.75) is 25.9 Å². The Morgan fingerprint density at radius 3 is 2.33 bits per heavy atom. The van der Waals surface area contributed by atoms with E-state index < -0.39 is 23.5 Å². The van der Waals surface area contributed by atoms with Gasteiger partial charge >= 0.3 is 0 Å². The lowest BCUT2D eigenvalue weighted by Crippen LogP contribution is -2.27. The second-order valence-electron chi connectivity index (χ2n) is 5.43. The molecule has 0 bridgehead atoms. The average molecular weight is 339 g/mol. The van der Waals surface area contributed by atoms with Crippen molar-refractivity contribution >= 4 is 0 Å². The van der Waals surface area contributed by atoms with Gasteiger partial charge in [0.15, 0.2) is 17.5 Å². The Kier molecular flexibility index (Phi) is 6.23. The first-order valence-corrected chi connectivity index (χ1v) is 7.70. The van der Waals surface area contributed by atoms with Crippen LogP contribution in [-0.2, 0) is 0 Å². The van der Waals surface area contributed by atoms with Crippen LogP contribution < -0.4 is 10.1 Å². The Hall–Kier alpha value is -2.05. The Bertz CT molecular complexity index is 671. The summed E-state index contributed by atoms with van der Waals surface area (Å²) < 4.78 is 45.3. The zero-order chi connectivity index (χ0) is 17.7. The van der Waals surface area contributed by atoms with E-state index >= 15 is 0 Å².